The second-order valence-electron chi connectivity index (χ2n) is 4.03. The molecule has 0 aromatic heterocycles. The maximum absolute atomic E-state index is 5.70. The minimum atomic E-state index is 0.609. The molecule has 0 aliphatic carbocycles. The van der Waals surface area contributed by atoms with Gasteiger partial charge in [-0.05, 0) is 38.0 Å². The lowest BCUT2D eigenvalue weighted by Gasteiger charge is -2.06. The van der Waals surface area contributed by atoms with Gasteiger partial charge < -0.3 is 4.74 Å². The van der Waals surface area contributed by atoms with Gasteiger partial charge in [0.15, 0.2) is 0 Å². The van der Waals surface area contributed by atoms with E-state index in [1.807, 2.05) is 44.2 Å². The Labute approximate surface area is 104 Å². The van der Waals surface area contributed by atoms with Crippen molar-refractivity contribution >= 4 is 0 Å². The van der Waals surface area contributed by atoms with E-state index in [9.17, 15) is 0 Å². The Bertz CT molecular complexity index is 399. The van der Waals surface area contributed by atoms with Crippen LogP contribution in [0.3, 0.4) is 0 Å². The first-order valence-corrected chi connectivity index (χ1v) is 5.86. The molecule has 0 saturated heterocycles. The van der Waals surface area contributed by atoms with Crippen LogP contribution in [0.25, 0.3) is 0 Å². The van der Waals surface area contributed by atoms with E-state index in [-0.39, 0.29) is 0 Å². The molecule has 0 spiro atoms. The predicted molar refractivity (Wildman–Crippen MR) is 73.6 cm³/mol. The first-order chi connectivity index (χ1) is 8.22. The van der Waals surface area contributed by atoms with Gasteiger partial charge in [0, 0.05) is 0 Å². The molecule has 0 heterocycles. The zero-order chi connectivity index (χ0) is 12.5. The van der Waals surface area contributed by atoms with Crippen LogP contribution in [-0.4, -0.2) is 0 Å². The molecule has 0 atom stereocenters. The number of rotatable bonds is 6. The third-order valence-corrected chi connectivity index (χ3v) is 2.28. The Morgan fingerprint density at radius 3 is 2.59 bits per heavy atom. The lowest BCUT2D eigenvalue weighted by Crippen LogP contribution is -1.91. The average molecular weight is 228 g/mol. The van der Waals surface area contributed by atoms with Gasteiger partial charge in [0.1, 0.15) is 12.4 Å². The highest BCUT2D eigenvalue weighted by Gasteiger charge is 1.94. The van der Waals surface area contributed by atoms with Crippen LogP contribution in [0.4, 0.5) is 0 Å². The molecular weight excluding hydrogens is 208 g/mol. The van der Waals surface area contributed by atoms with Gasteiger partial charge >= 0.3 is 0 Å². The molecule has 90 valence electrons. The molecule has 0 aliphatic rings. The topological polar surface area (TPSA) is 9.23 Å². The third-order valence-electron chi connectivity index (χ3n) is 2.28. The Balaban J connectivity index is 2.43. The molecule has 0 bridgehead atoms. The van der Waals surface area contributed by atoms with E-state index in [1.165, 1.54) is 5.56 Å². The lowest BCUT2D eigenvalue weighted by molar-refractivity contribution is 0.210. The largest absolute Gasteiger partial charge is 0.489 e. The van der Waals surface area contributed by atoms with E-state index in [0.717, 1.165) is 17.8 Å². The zero-order valence-electron chi connectivity index (χ0n) is 10.6. The summed E-state index contributed by atoms with van der Waals surface area (Å²) < 4.78 is 5.70. The summed E-state index contributed by atoms with van der Waals surface area (Å²) in [5.41, 5.74) is 2.33. The molecule has 1 heteroatoms. The molecular formula is C16H20O. The lowest BCUT2D eigenvalue weighted by atomic mass is 10.2. The fourth-order valence-corrected chi connectivity index (χ4v) is 1.34. The first-order valence-electron chi connectivity index (χ1n) is 5.86. The van der Waals surface area contributed by atoms with Crippen molar-refractivity contribution in [3.63, 3.8) is 0 Å². The van der Waals surface area contributed by atoms with E-state index < -0.39 is 0 Å². The van der Waals surface area contributed by atoms with Crippen molar-refractivity contribution < 1.29 is 4.74 Å². The molecule has 17 heavy (non-hydrogen) atoms. The molecule has 0 saturated carbocycles. The van der Waals surface area contributed by atoms with Gasteiger partial charge in [-0.2, -0.15) is 0 Å². The van der Waals surface area contributed by atoms with Gasteiger partial charge in [-0.1, -0.05) is 48.6 Å². The molecule has 1 aromatic carbocycles. The van der Waals surface area contributed by atoms with E-state index in [0.29, 0.717) is 6.61 Å². The molecule has 0 fully saturated rings. The van der Waals surface area contributed by atoms with Crippen LogP contribution in [-0.2, 0) is 11.3 Å². The van der Waals surface area contributed by atoms with E-state index in [2.05, 4.69) is 24.8 Å². The normalized spacial score (nSPS) is 11.8. The number of ether oxygens (including phenoxy) is 1. The number of hydrogen-bond acceptors (Lipinski definition) is 1. The van der Waals surface area contributed by atoms with Crippen molar-refractivity contribution in [3.8, 4) is 0 Å². The van der Waals surface area contributed by atoms with Crippen LogP contribution in [0, 0.1) is 0 Å². The highest BCUT2D eigenvalue weighted by molar-refractivity contribution is 5.16. The van der Waals surface area contributed by atoms with Crippen LogP contribution in [0.1, 0.15) is 25.8 Å². The maximum Gasteiger partial charge on any atom is 0.115 e. The second-order valence-corrected chi connectivity index (χ2v) is 4.03. The Morgan fingerprint density at radius 1 is 1.29 bits per heavy atom. The summed E-state index contributed by atoms with van der Waals surface area (Å²) in [6, 6.07) is 10.2. The van der Waals surface area contributed by atoms with Gasteiger partial charge in [0.2, 0.25) is 0 Å². The average Bonchev–Trinajstić information content (AvgIpc) is 2.34. The van der Waals surface area contributed by atoms with Crippen molar-refractivity contribution in [2.24, 2.45) is 0 Å². The van der Waals surface area contributed by atoms with Crippen LogP contribution in [0.5, 0.6) is 0 Å². The fraction of sp³-hybridized carbons (Fsp3) is 0.250. The summed E-state index contributed by atoms with van der Waals surface area (Å²) in [6.07, 6.45) is 6.93. The first kappa shape index (κ1) is 13.3. The quantitative estimate of drug-likeness (QED) is 0.392. The van der Waals surface area contributed by atoms with Crippen molar-refractivity contribution in [1.82, 2.24) is 0 Å². The molecule has 1 aromatic rings. The fourth-order valence-electron chi connectivity index (χ4n) is 1.34. The summed E-state index contributed by atoms with van der Waals surface area (Å²) in [5.74, 6) is 0.898. The maximum atomic E-state index is 5.70. The van der Waals surface area contributed by atoms with E-state index in [1.54, 1.807) is 0 Å². The van der Waals surface area contributed by atoms with Crippen LogP contribution in [0.15, 0.2) is 66.5 Å². The van der Waals surface area contributed by atoms with Gasteiger partial charge in [0.05, 0.1) is 0 Å². The van der Waals surface area contributed by atoms with Crippen molar-refractivity contribution in [2.45, 2.75) is 26.9 Å². The van der Waals surface area contributed by atoms with E-state index >= 15 is 0 Å². The van der Waals surface area contributed by atoms with Crippen LogP contribution < -0.4 is 0 Å². The number of allylic oxidation sites excluding steroid dienone is 4. The summed E-state index contributed by atoms with van der Waals surface area (Å²) >= 11 is 0. The molecule has 0 radical (unpaired) electrons. The minimum absolute atomic E-state index is 0.609. The summed E-state index contributed by atoms with van der Waals surface area (Å²) in [7, 11) is 0. The molecule has 0 amide bonds. The predicted octanol–water partition coefficient (Wildman–Crippen LogP) is 4.63. The minimum Gasteiger partial charge on any atom is -0.489 e. The molecule has 1 nitrogen and oxygen atoms in total. The second kappa shape index (κ2) is 7.50. The molecule has 0 unspecified atom stereocenters. The SMILES string of the molecule is C=C(C)CC=C/C(=C\C)OCc1ccccc1. The van der Waals surface area contributed by atoms with Crippen molar-refractivity contribution in [1.29, 1.82) is 0 Å². The Hall–Kier alpha value is -1.76. The van der Waals surface area contributed by atoms with Gasteiger partial charge in [-0.15, -0.1) is 0 Å². The summed E-state index contributed by atoms with van der Waals surface area (Å²) in [5, 5.41) is 0. The van der Waals surface area contributed by atoms with Gasteiger partial charge in [0.25, 0.3) is 0 Å². The Kier molecular flexibility index (Phi) is 5.87. The van der Waals surface area contributed by atoms with Crippen LogP contribution >= 0.6 is 0 Å². The molecule has 0 aliphatic heterocycles. The monoisotopic (exact) mass is 228 g/mol. The Morgan fingerprint density at radius 2 is 2.00 bits per heavy atom. The van der Waals surface area contributed by atoms with Crippen LogP contribution in [0.2, 0.25) is 0 Å². The van der Waals surface area contributed by atoms with Gasteiger partial charge in [-0.25, -0.2) is 0 Å². The van der Waals surface area contributed by atoms with Crippen molar-refractivity contribution in [3.05, 3.63) is 72.0 Å². The molecule has 0 N–H and O–H groups in total. The van der Waals surface area contributed by atoms with E-state index in [4.69, 9.17) is 4.74 Å². The number of benzene rings is 1. The highest BCUT2D eigenvalue weighted by atomic mass is 16.5. The van der Waals surface area contributed by atoms with Gasteiger partial charge in [-0.3, -0.25) is 0 Å². The highest BCUT2D eigenvalue weighted by Crippen LogP contribution is 2.08. The standard InChI is InChI=1S/C16H20O/c1-4-16(12-8-9-14(2)3)17-13-15-10-6-5-7-11-15/h4-8,10-12H,2,9,13H2,1,3H3/b12-8?,16-4+. The smallest absolute Gasteiger partial charge is 0.115 e. The summed E-state index contributed by atoms with van der Waals surface area (Å²) in [4.78, 5) is 0. The molecule has 1 rings (SSSR count). The number of hydrogen-bond donors (Lipinski definition) is 0. The van der Waals surface area contributed by atoms with Crippen molar-refractivity contribution in [2.75, 3.05) is 0 Å². The summed E-state index contributed by atoms with van der Waals surface area (Å²) in [6.45, 7) is 8.46. The zero-order valence-corrected chi connectivity index (χ0v) is 10.6. The third kappa shape index (κ3) is 5.76.